The lowest BCUT2D eigenvalue weighted by Gasteiger charge is -2.07. The normalized spacial score (nSPS) is 9.50. The topological polar surface area (TPSA) is 128 Å². The zero-order valence-corrected chi connectivity index (χ0v) is 11.7. The summed E-state index contributed by atoms with van der Waals surface area (Å²) >= 11 is 0. The molecule has 5 N–H and O–H groups in total. The van der Waals surface area contributed by atoms with Gasteiger partial charge >= 0.3 is 0 Å². The molecule has 0 radical (unpaired) electrons. The van der Waals surface area contributed by atoms with Crippen LogP contribution < -0.4 is 26.6 Å². The molecule has 20 heavy (non-hydrogen) atoms. The molecule has 0 heterocycles. The third kappa shape index (κ3) is 9.83. The van der Waals surface area contributed by atoms with Gasteiger partial charge in [0.2, 0.25) is 23.6 Å². The Morgan fingerprint density at radius 1 is 0.650 bits per heavy atom. The molecule has 0 rings (SSSR count). The summed E-state index contributed by atoms with van der Waals surface area (Å²) < 4.78 is 0. The Labute approximate surface area is 117 Å². The van der Waals surface area contributed by atoms with Gasteiger partial charge in [-0.25, -0.2) is 0 Å². The van der Waals surface area contributed by atoms with Gasteiger partial charge in [0.1, 0.15) is 0 Å². The molecule has 9 nitrogen and oxygen atoms in total. The number of carbonyl (C=O) groups is 4. The third-order valence-corrected chi connectivity index (χ3v) is 2.05. The SMILES string of the molecule is CCNC(=O)CNC(=O)CNC(=O)CNC(=O)CNC. The van der Waals surface area contributed by atoms with E-state index in [1.165, 1.54) is 0 Å². The van der Waals surface area contributed by atoms with Crippen molar-refractivity contribution in [3.63, 3.8) is 0 Å². The molecule has 0 aliphatic rings. The summed E-state index contributed by atoms with van der Waals surface area (Å²) in [6, 6.07) is 0. The molecule has 0 spiro atoms. The molecule has 0 saturated carbocycles. The number of nitrogens with one attached hydrogen (secondary N) is 5. The van der Waals surface area contributed by atoms with Crippen LogP contribution in [0.2, 0.25) is 0 Å². The molecule has 0 unspecified atom stereocenters. The number of rotatable bonds is 9. The molecular weight excluding hydrogens is 266 g/mol. The molecule has 0 aromatic carbocycles. The van der Waals surface area contributed by atoms with Gasteiger partial charge < -0.3 is 26.6 Å². The second-order valence-electron chi connectivity index (χ2n) is 3.81. The van der Waals surface area contributed by atoms with E-state index in [2.05, 4.69) is 26.6 Å². The number of likely N-dealkylation sites (N-methyl/N-ethyl adjacent to an activating group) is 2. The fourth-order valence-electron chi connectivity index (χ4n) is 1.14. The lowest BCUT2D eigenvalue weighted by molar-refractivity contribution is -0.128. The summed E-state index contributed by atoms with van der Waals surface area (Å²) in [6.45, 7) is 1.77. The van der Waals surface area contributed by atoms with E-state index in [1.807, 2.05) is 0 Å². The van der Waals surface area contributed by atoms with Crippen molar-refractivity contribution in [1.82, 2.24) is 26.6 Å². The number of hydrogen-bond donors (Lipinski definition) is 5. The zero-order valence-electron chi connectivity index (χ0n) is 11.7. The summed E-state index contributed by atoms with van der Waals surface area (Å²) in [5, 5.41) is 12.2. The molecule has 0 aromatic rings. The first-order valence-corrected chi connectivity index (χ1v) is 6.21. The van der Waals surface area contributed by atoms with Crippen LogP contribution in [-0.2, 0) is 19.2 Å². The van der Waals surface area contributed by atoms with Crippen LogP contribution in [0, 0.1) is 0 Å². The molecular formula is C11H21N5O4. The predicted molar refractivity (Wildman–Crippen MR) is 71.6 cm³/mol. The van der Waals surface area contributed by atoms with Crippen molar-refractivity contribution >= 4 is 23.6 Å². The lowest BCUT2D eigenvalue weighted by Crippen LogP contribution is -2.45. The fraction of sp³-hybridized carbons (Fsp3) is 0.636. The highest BCUT2D eigenvalue weighted by molar-refractivity contribution is 5.90. The average Bonchev–Trinajstić information content (AvgIpc) is 2.41. The fourth-order valence-corrected chi connectivity index (χ4v) is 1.14. The molecule has 9 heteroatoms. The molecule has 114 valence electrons. The molecule has 4 amide bonds. The van der Waals surface area contributed by atoms with Crippen molar-refractivity contribution in [3.8, 4) is 0 Å². The van der Waals surface area contributed by atoms with Crippen LogP contribution >= 0.6 is 0 Å². The van der Waals surface area contributed by atoms with Gasteiger partial charge in [-0.15, -0.1) is 0 Å². The van der Waals surface area contributed by atoms with Crippen LogP contribution in [0.5, 0.6) is 0 Å². The minimum atomic E-state index is -0.484. The van der Waals surface area contributed by atoms with Crippen molar-refractivity contribution in [3.05, 3.63) is 0 Å². The van der Waals surface area contributed by atoms with Crippen molar-refractivity contribution in [2.75, 3.05) is 39.8 Å². The highest BCUT2D eigenvalue weighted by Gasteiger charge is 2.08. The summed E-state index contributed by atoms with van der Waals surface area (Å²) in [4.78, 5) is 44.7. The van der Waals surface area contributed by atoms with E-state index in [4.69, 9.17) is 0 Å². The first-order chi connectivity index (χ1) is 9.49. The Kier molecular flexibility index (Phi) is 9.57. The molecule has 0 atom stereocenters. The van der Waals surface area contributed by atoms with Gasteiger partial charge in [-0.1, -0.05) is 0 Å². The first-order valence-electron chi connectivity index (χ1n) is 6.21. The van der Waals surface area contributed by atoms with E-state index >= 15 is 0 Å². The van der Waals surface area contributed by atoms with E-state index < -0.39 is 11.8 Å². The second kappa shape index (κ2) is 10.7. The average molecular weight is 287 g/mol. The van der Waals surface area contributed by atoms with Gasteiger partial charge in [-0.3, -0.25) is 19.2 Å². The van der Waals surface area contributed by atoms with Crippen molar-refractivity contribution in [2.24, 2.45) is 0 Å². The third-order valence-electron chi connectivity index (χ3n) is 2.05. The van der Waals surface area contributed by atoms with Crippen molar-refractivity contribution in [2.45, 2.75) is 6.92 Å². The summed E-state index contributed by atoms with van der Waals surface area (Å²) in [5.41, 5.74) is 0. The highest BCUT2D eigenvalue weighted by Crippen LogP contribution is 1.70. The van der Waals surface area contributed by atoms with Gasteiger partial charge in [0.15, 0.2) is 0 Å². The monoisotopic (exact) mass is 287 g/mol. The Hall–Kier alpha value is -2.16. The Balaban J connectivity index is 3.70. The summed E-state index contributed by atoms with van der Waals surface area (Å²) in [6.07, 6.45) is 0. The van der Waals surface area contributed by atoms with E-state index in [-0.39, 0.29) is 38.0 Å². The minimum absolute atomic E-state index is 0.111. The lowest BCUT2D eigenvalue weighted by atomic mass is 10.4. The highest BCUT2D eigenvalue weighted by atomic mass is 16.2. The number of carbonyl (C=O) groups excluding carboxylic acids is 4. The van der Waals surface area contributed by atoms with Gasteiger partial charge in [-0.05, 0) is 14.0 Å². The van der Waals surface area contributed by atoms with Gasteiger partial charge in [0, 0.05) is 6.54 Å². The van der Waals surface area contributed by atoms with Crippen LogP contribution in [-0.4, -0.2) is 63.4 Å². The Bertz CT molecular complexity index is 325. The van der Waals surface area contributed by atoms with Gasteiger partial charge in [0.25, 0.3) is 0 Å². The van der Waals surface area contributed by atoms with Crippen LogP contribution in [0.4, 0.5) is 0 Å². The standard InChI is InChI=1S/C11H21N5O4/c1-3-13-9(18)5-15-11(20)7-16-10(19)6-14-8(17)4-12-2/h12H,3-7H2,1-2H3,(H,13,18)(H,14,17)(H,15,20)(H,16,19). The van der Waals surface area contributed by atoms with E-state index in [9.17, 15) is 19.2 Å². The maximum Gasteiger partial charge on any atom is 0.239 e. The van der Waals surface area contributed by atoms with Gasteiger partial charge in [0.05, 0.1) is 26.2 Å². The van der Waals surface area contributed by atoms with Crippen LogP contribution in [0.3, 0.4) is 0 Å². The van der Waals surface area contributed by atoms with E-state index in [0.29, 0.717) is 6.54 Å². The quantitative estimate of drug-likeness (QED) is 0.303. The maximum atomic E-state index is 11.3. The largest absolute Gasteiger partial charge is 0.355 e. The minimum Gasteiger partial charge on any atom is -0.355 e. The Morgan fingerprint density at radius 2 is 1.00 bits per heavy atom. The van der Waals surface area contributed by atoms with Crippen LogP contribution in [0.15, 0.2) is 0 Å². The molecule has 0 bridgehead atoms. The van der Waals surface area contributed by atoms with E-state index in [0.717, 1.165) is 0 Å². The van der Waals surface area contributed by atoms with Crippen molar-refractivity contribution in [1.29, 1.82) is 0 Å². The summed E-state index contributed by atoms with van der Waals surface area (Å²) in [7, 11) is 1.61. The maximum absolute atomic E-state index is 11.3. The molecule has 0 fully saturated rings. The van der Waals surface area contributed by atoms with Gasteiger partial charge in [-0.2, -0.15) is 0 Å². The zero-order chi connectivity index (χ0) is 15.4. The molecule has 0 saturated heterocycles. The summed E-state index contributed by atoms with van der Waals surface area (Å²) in [5.74, 6) is -1.58. The predicted octanol–water partition coefficient (Wildman–Crippen LogP) is -3.31. The van der Waals surface area contributed by atoms with Crippen LogP contribution in [0.1, 0.15) is 6.92 Å². The number of hydrogen-bond acceptors (Lipinski definition) is 5. The second-order valence-corrected chi connectivity index (χ2v) is 3.81. The molecule has 0 aliphatic carbocycles. The van der Waals surface area contributed by atoms with Crippen LogP contribution in [0.25, 0.3) is 0 Å². The number of amides is 4. The van der Waals surface area contributed by atoms with Crippen molar-refractivity contribution < 1.29 is 19.2 Å². The van der Waals surface area contributed by atoms with E-state index in [1.54, 1.807) is 14.0 Å². The molecule has 0 aliphatic heterocycles. The smallest absolute Gasteiger partial charge is 0.239 e. The Morgan fingerprint density at radius 3 is 1.35 bits per heavy atom. The molecule has 0 aromatic heterocycles. The first kappa shape index (κ1) is 17.8.